The third kappa shape index (κ3) is 6.75. The van der Waals surface area contributed by atoms with Crippen molar-refractivity contribution in [3.63, 3.8) is 0 Å². The highest BCUT2D eigenvalue weighted by molar-refractivity contribution is 9.10. The Kier molecular flexibility index (Phi) is 8.97. The van der Waals surface area contributed by atoms with Crippen molar-refractivity contribution >= 4 is 78.9 Å². The number of nitrogens with zero attached hydrogens (tertiary/aromatic N) is 1. The molecule has 1 aliphatic heterocycles. The highest BCUT2D eigenvalue weighted by Crippen LogP contribution is 2.39. The van der Waals surface area contributed by atoms with Crippen LogP contribution in [0.2, 0.25) is 5.02 Å². The van der Waals surface area contributed by atoms with E-state index in [1.807, 2.05) is 49.4 Å². The van der Waals surface area contributed by atoms with Gasteiger partial charge in [0, 0.05) is 0 Å². The van der Waals surface area contributed by atoms with Gasteiger partial charge >= 0.3 is 0 Å². The van der Waals surface area contributed by atoms with Crippen LogP contribution in [0.15, 0.2) is 88.2 Å². The number of fused-ring (bicyclic) bond motifs is 1. The molecular weight excluding hydrogens is 628 g/mol. The lowest BCUT2D eigenvalue weighted by molar-refractivity contribution is -0.123. The standard InChI is InChI=1S/C31H24BrClN2O5S/c1-2-39-26-15-20(14-23(32)29(26)40-18-28(36)34-25-10-6-5-9-24(25)33)16-27-30(37)35(31(38)41-27)17-19-11-12-21-7-3-4-8-22(21)13-19/h3-16H,2,17-18H2,1H3,(H,34,36)/b27-16-. The monoisotopic (exact) mass is 650 g/mol. The molecule has 1 heterocycles. The minimum absolute atomic E-state index is 0.184. The second kappa shape index (κ2) is 12.8. The number of rotatable bonds is 9. The Balaban J connectivity index is 1.31. The van der Waals surface area contributed by atoms with Gasteiger partial charge in [0.05, 0.1) is 33.2 Å². The first-order chi connectivity index (χ1) is 19.8. The molecule has 10 heteroatoms. The van der Waals surface area contributed by atoms with Crippen molar-refractivity contribution < 1.29 is 23.9 Å². The largest absolute Gasteiger partial charge is 0.490 e. The van der Waals surface area contributed by atoms with E-state index in [1.54, 1.807) is 42.5 Å². The molecule has 208 valence electrons. The molecular formula is C31H24BrClN2O5S. The fourth-order valence-corrected chi connectivity index (χ4v) is 5.86. The Labute approximate surface area is 254 Å². The third-order valence-electron chi connectivity index (χ3n) is 6.15. The quantitative estimate of drug-likeness (QED) is 0.185. The zero-order chi connectivity index (χ0) is 28.9. The molecule has 4 aromatic rings. The normalized spacial score (nSPS) is 14.1. The molecule has 1 saturated heterocycles. The number of hydrogen-bond acceptors (Lipinski definition) is 6. The fraction of sp³-hybridized carbons (Fsp3) is 0.129. The summed E-state index contributed by atoms with van der Waals surface area (Å²) in [5, 5.41) is 4.94. The van der Waals surface area contributed by atoms with Gasteiger partial charge in [-0.1, -0.05) is 60.1 Å². The van der Waals surface area contributed by atoms with Crippen LogP contribution in [-0.4, -0.2) is 35.2 Å². The molecule has 0 bridgehead atoms. The zero-order valence-electron chi connectivity index (χ0n) is 21.9. The molecule has 0 unspecified atom stereocenters. The van der Waals surface area contributed by atoms with Crippen molar-refractivity contribution in [2.45, 2.75) is 13.5 Å². The van der Waals surface area contributed by atoms with Gasteiger partial charge in [-0.05, 0) is 92.9 Å². The number of ether oxygens (including phenoxy) is 2. The maximum absolute atomic E-state index is 13.2. The van der Waals surface area contributed by atoms with E-state index < -0.39 is 5.91 Å². The predicted octanol–water partition coefficient (Wildman–Crippen LogP) is 7.91. The molecule has 41 heavy (non-hydrogen) atoms. The highest BCUT2D eigenvalue weighted by Gasteiger charge is 2.35. The first-order valence-corrected chi connectivity index (χ1v) is 14.7. The first kappa shape index (κ1) is 28.7. The van der Waals surface area contributed by atoms with Gasteiger partial charge in [-0.2, -0.15) is 0 Å². The van der Waals surface area contributed by atoms with Crippen molar-refractivity contribution in [2.24, 2.45) is 0 Å². The number of para-hydroxylation sites is 1. The molecule has 1 fully saturated rings. The number of benzene rings is 4. The topological polar surface area (TPSA) is 84.9 Å². The molecule has 4 aromatic carbocycles. The van der Waals surface area contributed by atoms with Gasteiger partial charge < -0.3 is 14.8 Å². The van der Waals surface area contributed by atoms with Crippen LogP contribution in [0.5, 0.6) is 11.5 Å². The second-order valence-corrected chi connectivity index (χ2v) is 11.3. The summed E-state index contributed by atoms with van der Waals surface area (Å²) in [5.41, 5.74) is 1.98. The van der Waals surface area contributed by atoms with E-state index in [2.05, 4.69) is 21.2 Å². The van der Waals surface area contributed by atoms with E-state index >= 15 is 0 Å². The van der Waals surface area contributed by atoms with Crippen molar-refractivity contribution in [3.05, 3.63) is 104 Å². The lowest BCUT2D eigenvalue weighted by Crippen LogP contribution is -2.27. The van der Waals surface area contributed by atoms with Crippen LogP contribution in [0.3, 0.4) is 0 Å². The third-order valence-corrected chi connectivity index (χ3v) is 7.98. The van der Waals surface area contributed by atoms with Gasteiger partial charge in [-0.3, -0.25) is 19.3 Å². The lowest BCUT2D eigenvalue weighted by atomic mass is 10.1. The van der Waals surface area contributed by atoms with Crippen molar-refractivity contribution in [3.8, 4) is 11.5 Å². The van der Waals surface area contributed by atoms with Gasteiger partial charge in [0.2, 0.25) is 0 Å². The second-order valence-electron chi connectivity index (χ2n) is 9.03. The summed E-state index contributed by atoms with van der Waals surface area (Å²) in [4.78, 5) is 40.0. The smallest absolute Gasteiger partial charge is 0.293 e. The van der Waals surface area contributed by atoms with E-state index in [-0.39, 0.29) is 24.3 Å². The zero-order valence-corrected chi connectivity index (χ0v) is 25.0. The van der Waals surface area contributed by atoms with Crippen LogP contribution < -0.4 is 14.8 Å². The Morgan fingerprint density at radius 3 is 2.54 bits per heavy atom. The number of thioether (sulfide) groups is 1. The van der Waals surface area contributed by atoms with Gasteiger partial charge in [-0.25, -0.2) is 0 Å². The summed E-state index contributed by atoms with van der Waals surface area (Å²) in [6.07, 6.45) is 1.65. The molecule has 7 nitrogen and oxygen atoms in total. The summed E-state index contributed by atoms with van der Waals surface area (Å²) in [7, 11) is 0. The number of nitrogens with one attached hydrogen (secondary N) is 1. The van der Waals surface area contributed by atoms with Crippen LogP contribution in [-0.2, 0) is 16.1 Å². The van der Waals surface area contributed by atoms with E-state index in [1.165, 1.54) is 4.90 Å². The maximum Gasteiger partial charge on any atom is 0.293 e. The molecule has 3 amide bonds. The average Bonchev–Trinajstić information content (AvgIpc) is 3.21. The summed E-state index contributed by atoms with van der Waals surface area (Å²) >= 11 is 10.5. The van der Waals surface area contributed by atoms with E-state index in [9.17, 15) is 14.4 Å². The van der Waals surface area contributed by atoms with Crippen LogP contribution in [0, 0.1) is 0 Å². The van der Waals surface area contributed by atoms with Crippen molar-refractivity contribution in [1.29, 1.82) is 0 Å². The molecule has 0 atom stereocenters. The van der Waals surface area contributed by atoms with Gasteiger partial charge in [0.1, 0.15) is 0 Å². The molecule has 0 spiro atoms. The van der Waals surface area contributed by atoms with Gasteiger partial charge in [0.15, 0.2) is 18.1 Å². The number of carbonyl (C=O) groups is 3. The van der Waals surface area contributed by atoms with E-state index in [4.69, 9.17) is 21.1 Å². The van der Waals surface area contributed by atoms with Gasteiger partial charge in [0.25, 0.3) is 17.1 Å². The Hall–Kier alpha value is -3.79. The molecule has 0 saturated carbocycles. The molecule has 0 radical (unpaired) electrons. The molecule has 0 aromatic heterocycles. The molecule has 0 aliphatic carbocycles. The van der Waals surface area contributed by atoms with Crippen molar-refractivity contribution in [1.82, 2.24) is 4.90 Å². The SMILES string of the molecule is CCOc1cc(/C=C2\SC(=O)N(Cc3ccc4ccccc4c3)C2=O)cc(Br)c1OCC(=O)Nc1ccccc1Cl. The average molecular weight is 652 g/mol. The first-order valence-electron chi connectivity index (χ1n) is 12.7. The number of hydrogen-bond donors (Lipinski definition) is 1. The van der Waals surface area contributed by atoms with Crippen LogP contribution in [0.4, 0.5) is 10.5 Å². The molecule has 5 rings (SSSR count). The molecule has 1 aliphatic rings. The fourth-order valence-electron chi connectivity index (χ4n) is 4.27. The molecule has 1 N–H and O–H groups in total. The number of carbonyl (C=O) groups excluding carboxylic acids is 3. The Morgan fingerprint density at radius 1 is 1.00 bits per heavy atom. The van der Waals surface area contributed by atoms with Crippen LogP contribution >= 0.6 is 39.3 Å². The van der Waals surface area contributed by atoms with E-state index in [0.717, 1.165) is 28.1 Å². The van der Waals surface area contributed by atoms with Crippen molar-refractivity contribution in [2.75, 3.05) is 18.5 Å². The van der Waals surface area contributed by atoms with Gasteiger partial charge in [-0.15, -0.1) is 0 Å². The summed E-state index contributed by atoms with van der Waals surface area (Å²) in [6.45, 7) is 2.08. The summed E-state index contributed by atoms with van der Waals surface area (Å²) in [6, 6.07) is 24.2. The number of anilines is 1. The predicted molar refractivity (Wildman–Crippen MR) is 166 cm³/mol. The number of amides is 3. The van der Waals surface area contributed by atoms with Crippen LogP contribution in [0.25, 0.3) is 16.8 Å². The minimum atomic E-state index is -0.392. The summed E-state index contributed by atoms with van der Waals surface area (Å²) in [5.74, 6) is -0.0350. The van der Waals surface area contributed by atoms with Crippen LogP contribution in [0.1, 0.15) is 18.1 Å². The lowest BCUT2D eigenvalue weighted by Gasteiger charge is -2.15. The maximum atomic E-state index is 13.2. The Bertz CT molecular complexity index is 1690. The Morgan fingerprint density at radius 2 is 1.76 bits per heavy atom. The number of imide groups is 1. The minimum Gasteiger partial charge on any atom is -0.490 e. The summed E-state index contributed by atoms with van der Waals surface area (Å²) < 4.78 is 12.1. The highest BCUT2D eigenvalue weighted by atomic mass is 79.9. The van der Waals surface area contributed by atoms with E-state index in [0.29, 0.717) is 43.8 Å². The number of halogens is 2.